The summed E-state index contributed by atoms with van der Waals surface area (Å²) < 4.78 is 5.34. The Hall–Kier alpha value is -3.64. The van der Waals surface area contributed by atoms with Gasteiger partial charge in [0, 0.05) is 19.2 Å². The lowest BCUT2D eigenvalue weighted by molar-refractivity contribution is -0.119. The first kappa shape index (κ1) is 22.6. The second kappa shape index (κ2) is 10.8. The summed E-state index contributed by atoms with van der Waals surface area (Å²) in [5.41, 5.74) is 5.60. The molecule has 1 fully saturated rings. The fraction of sp³-hybridized carbons (Fsp3) is 0.259. The van der Waals surface area contributed by atoms with E-state index in [1.165, 1.54) is 18.1 Å². The van der Waals surface area contributed by atoms with E-state index in [0.717, 1.165) is 36.3 Å². The van der Waals surface area contributed by atoms with Crippen LogP contribution >= 0.6 is 0 Å². The van der Waals surface area contributed by atoms with Crippen molar-refractivity contribution in [1.82, 2.24) is 10.6 Å². The van der Waals surface area contributed by atoms with Gasteiger partial charge in [-0.15, -0.1) is 0 Å². The number of hydrogen-bond acceptors (Lipinski definition) is 4. The highest BCUT2D eigenvalue weighted by molar-refractivity contribution is 5.90. The average Bonchev–Trinajstić information content (AvgIpc) is 3.22. The van der Waals surface area contributed by atoms with Gasteiger partial charge < -0.3 is 15.4 Å². The molecule has 0 spiro atoms. The van der Waals surface area contributed by atoms with Crippen molar-refractivity contribution in [2.75, 3.05) is 24.5 Å². The number of ether oxygens (including phenoxy) is 1. The Morgan fingerprint density at radius 2 is 1.61 bits per heavy atom. The molecular weight excluding hydrogens is 414 g/mol. The van der Waals surface area contributed by atoms with Crippen molar-refractivity contribution in [3.8, 4) is 11.1 Å². The Labute approximate surface area is 194 Å². The zero-order chi connectivity index (χ0) is 23.0. The molecule has 2 N–H and O–H groups in total. The highest BCUT2D eigenvalue weighted by Gasteiger charge is 2.32. The topological polar surface area (TPSA) is 70.7 Å². The number of rotatable bonds is 9. The van der Waals surface area contributed by atoms with Crippen LogP contribution in [0.5, 0.6) is 0 Å². The van der Waals surface area contributed by atoms with E-state index in [9.17, 15) is 9.59 Å². The molecule has 170 valence electrons. The Morgan fingerprint density at radius 1 is 0.939 bits per heavy atom. The molecule has 1 unspecified atom stereocenters. The molecular formula is C27H29N3O3. The van der Waals surface area contributed by atoms with E-state index in [0.29, 0.717) is 13.1 Å². The van der Waals surface area contributed by atoms with Gasteiger partial charge in [0.05, 0.1) is 13.1 Å². The summed E-state index contributed by atoms with van der Waals surface area (Å²) in [5.74, 6) is -0.136. The van der Waals surface area contributed by atoms with Gasteiger partial charge >= 0.3 is 6.09 Å². The highest BCUT2D eigenvalue weighted by Crippen LogP contribution is 2.26. The fourth-order valence-corrected chi connectivity index (χ4v) is 3.86. The van der Waals surface area contributed by atoms with Crippen molar-refractivity contribution in [2.24, 2.45) is 0 Å². The van der Waals surface area contributed by atoms with E-state index >= 15 is 0 Å². The van der Waals surface area contributed by atoms with Crippen LogP contribution in [0.2, 0.25) is 0 Å². The van der Waals surface area contributed by atoms with Gasteiger partial charge in [0.1, 0.15) is 6.10 Å². The Morgan fingerprint density at radius 3 is 2.27 bits per heavy atom. The van der Waals surface area contributed by atoms with Crippen molar-refractivity contribution in [3.05, 3.63) is 90.0 Å². The van der Waals surface area contributed by atoms with Crippen molar-refractivity contribution >= 4 is 17.7 Å². The van der Waals surface area contributed by atoms with Gasteiger partial charge in [-0.1, -0.05) is 66.7 Å². The van der Waals surface area contributed by atoms with E-state index in [4.69, 9.17) is 4.74 Å². The molecule has 1 atom stereocenters. The van der Waals surface area contributed by atoms with Gasteiger partial charge in [0.25, 0.3) is 0 Å². The summed E-state index contributed by atoms with van der Waals surface area (Å²) >= 11 is 0. The van der Waals surface area contributed by atoms with Gasteiger partial charge in [0.15, 0.2) is 0 Å². The highest BCUT2D eigenvalue weighted by atomic mass is 16.6. The molecule has 1 aliphatic heterocycles. The number of anilines is 1. The molecule has 6 nitrogen and oxygen atoms in total. The Kier molecular flexibility index (Phi) is 7.37. The number of cyclic esters (lactones) is 1. The first-order valence-corrected chi connectivity index (χ1v) is 11.2. The summed E-state index contributed by atoms with van der Waals surface area (Å²) in [4.78, 5) is 24.9. The molecule has 3 aromatic rings. The maximum atomic E-state index is 12.2. The van der Waals surface area contributed by atoms with Crippen molar-refractivity contribution < 1.29 is 14.3 Å². The van der Waals surface area contributed by atoms with Crippen LogP contribution < -0.4 is 15.5 Å². The second-order valence-corrected chi connectivity index (χ2v) is 8.21. The van der Waals surface area contributed by atoms with E-state index in [-0.39, 0.29) is 18.1 Å². The molecule has 33 heavy (non-hydrogen) atoms. The van der Waals surface area contributed by atoms with Gasteiger partial charge in [0.2, 0.25) is 5.91 Å². The molecule has 1 heterocycles. The third-order valence-corrected chi connectivity index (χ3v) is 5.68. The lowest BCUT2D eigenvalue weighted by atomic mass is 10.0. The van der Waals surface area contributed by atoms with Crippen molar-refractivity contribution in [3.63, 3.8) is 0 Å². The van der Waals surface area contributed by atoms with E-state index < -0.39 is 0 Å². The predicted molar refractivity (Wildman–Crippen MR) is 130 cm³/mol. The number of nitrogens with one attached hydrogen (secondary N) is 2. The standard InChI is InChI=1S/C27H29N3O3/c1-20(31)29-18-26-19-30(27(32)33-26)25-13-11-24(12-14-25)23-9-7-21(8-10-23)15-16-28-17-22-5-3-2-4-6-22/h2-14,26,28H,15-19H2,1H3,(H,29,31). The van der Waals surface area contributed by atoms with Crippen LogP contribution in [0.15, 0.2) is 78.9 Å². The van der Waals surface area contributed by atoms with E-state index in [1.54, 1.807) is 4.90 Å². The normalized spacial score (nSPS) is 15.4. The van der Waals surface area contributed by atoms with Crippen molar-refractivity contribution in [2.45, 2.75) is 26.0 Å². The lowest BCUT2D eigenvalue weighted by Gasteiger charge is -2.14. The number of amides is 2. The molecule has 1 aliphatic rings. The summed E-state index contributed by atoms with van der Waals surface area (Å²) in [7, 11) is 0. The lowest BCUT2D eigenvalue weighted by Crippen LogP contribution is -2.33. The van der Waals surface area contributed by atoms with E-state index in [2.05, 4.69) is 59.2 Å². The van der Waals surface area contributed by atoms with Crippen LogP contribution in [0.4, 0.5) is 10.5 Å². The zero-order valence-corrected chi connectivity index (χ0v) is 18.8. The summed E-state index contributed by atoms with van der Waals surface area (Å²) in [6, 6.07) is 26.9. The van der Waals surface area contributed by atoms with Crippen LogP contribution in [0.3, 0.4) is 0 Å². The summed E-state index contributed by atoms with van der Waals surface area (Å²) in [5, 5.41) is 6.18. The van der Waals surface area contributed by atoms with Gasteiger partial charge in [-0.05, 0) is 47.4 Å². The summed E-state index contributed by atoms with van der Waals surface area (Å²) in [6.45, 7) is 4.00. The molecule has 4 rings (SSSR count). The third kappa shape index (κ3) is 6.20. The molecule has 0 bridgehead atoms. The molecule has 6 heteroatoms. The number of carbonyl (C=O) groups excluding carboxylic acids is 2. The fourth-order valence-electron chi connectivity index (χ4n) is 3.86. The molecule has 0 aliphatic carbocycles. The molecule has 2 amide bonds. The Balaban J connectivity index is 1.29. The van der Waals surface area contributed by atoms with Gasteiger partial charge in [-0.25, -0.2) is 4.79 Å². The molecule has 1 saturated heterocycles. The molecule has 0 aromatic heterocycles. The average molecular weight is 444 g/mol. The minimum atomic E-state index is -0.386. The smallest absolute Gasteiger partial charge is 0.414 e. The van der Waals surface area contributed by atoms with Crippen LogP contribution in [-0.4, -0.2) is 37.7 Å². The van der Waals surface area contributed by atoms with Gasteiger partial charge in [-0.2, -0.15) is 0 Å². The minimum absolute atomic E-state index is 0.136. The molecule has 0 saturated carbocycles. The SMILES string of the molecule is CC(=O)NCC1CN(c2ccc(-c3ccc(CCNCc4ccccc4)cc3)cc2)C(=O)O1. The minimum Gasteiger partial charge on any atom is -0.442 e. The van der Waals surface area contributed by atoms with E-state index in [1.807, 2.05) is 30.3 Å². The molecule has 0 radical (unpaired) electrons. The number of carbonyl (C=O) groups is 2. The largest absolute Gasteiger partial charge is 0.442 e. The second-order valence-electron chi connectivity index (χ2n) is 8.21. The maximum absolute atomic E-state index is 12.2. The van der Waals surface area contributed by atoms with Crippen LogP contribution in [-0.2, 0) is 22.5 Å². The number of hydrogen-bond donors (Lipinski definition) is 2. The number of benzene rings is 3. The predicted octanol–water partition coefficient (Wildman–Crippen LogP) is 4.15. The first-order valence-electron chi connectivity index (χ1n) is 11.2. The Bertz CT molecular complexity index is 1070. The van der Waals surface area contributed by atoms with Crippen molar-refractivity contribution in [1.29, 1.82) is 0 Å². The van der Waals surface area contributed by atoms with Gasteiger partial charge in [-0.3, -0.25) is 9.69 Å². The first-order chi connectivity index (χ1) is 16.1. The molecule has 3 aromatic carbocycles. The zero-order valence-electron chi connectivity index (χ0n) is 18.8. The quantitative estimate of drug-likeness (QED) is 0.488. The summed E-state index contributed by atoms with van der Waals surface area (Å²) in [6.07, 6.45) is 0.252. The monoisotopic (exact) mass is 443 g/mol. The van der Waals surface area contributed by atoms with Crippen LogP contribution in [0.25, 0.3) is 11.1 Å². The maximum Gasteiger partial charge on any atom is 0.414 e. The van der Waals surface area contributed by atoms with Crippen LogP contribution in [0, 0.1) is 0 Å². The third-order valence-electron chi connectivity index (χ3n) is 5.68. The number of nitrogens with zero attached hydrogens (tertiary/aromatic N) is 1. The van der Waals surface area contributed by atoms with Crippen LogP contribution in [0.1, 0.15) is 18.1 Å².